The van der Waals surface area contributed by atoms with E-state index in [9.17, 15) is 4.79 Å². The molecule has 3 aromatic rings. The number of benzene rings is 3. The summed E-state index contributed by atoms with van der Waals surface area (Å²) in [7, 11) is -0.497. The normalized spacial score (nSPS) is 18.1. The lowest BCUT2D eigenvalue weighted by molar-refractivity contribution is -0.141. The van der Waals surface area contributed by atoms with Crippen molar-refractivity contribution in [3.05, 3.63) is 76.3 Å². The molecule has 0 unspecified atom stereocenters. The molecule has 0 saturated carbocycles. The van der Waals surface area contributed by atoms with Crippen molar-refractivity contribution in [1.82, 2.24) is 0 Å². The molecule has 2 aliphatic rings. The smallest absolute Gasteiger partial charge is 0.306 e. The van der Waals surface area contributed by atoms with Crippen molar-refractivity contribution >= 4 is 14.3 Å². The van der Waals surface area contributed by atoms with Gasteiger partial charge < -0.3 is 18.6 Å². The molecule has 1 aliphatic heterocycles. The third-order valence-electron chi connectivity index (χ3n) is 8.95. The van der Waals surface area contributed by atoms with Gasteiger partial charge in [0.15, 0.2) is 0 Å². The van der Waals surface area contributed by atoms with Crippen molar-refractivity contribution in [2.45, 2.75) is 84.0 Å². The van der Waals surface area contributed by atoms with Gasteiger partial charge in [-0.1, -0.05) is 45.0 Å². The number of rotatable bonds is 7. The quantitative estimate of drug-likeness (QED) is 0.215. The average Bonchev–Trinajstić information content (AvgIpc) is 3.47. The molecule has 0 bridgehead atoms. The molecule has 0 radical (unpaired) electrons. The number of ether oxygens (including phenoxy) is 3. The van der Waals surface area contributed by atoms with Crippen LogP contribution in [0.15, 0.2) is 48.5 Å². The molecule has 5 nitrogen and oxygen atoms in total. The van der Waals surface area contributed by atoms with E-state index in [1.165, 1.54) is 40.5 Å². The van der Waals surface area contributed by atoms with Crippen LogP contribution in [0.5, 0.6) is 17.2 Å². The lowest BCUT2D eigenvalue weighted by Gasteiger charge is -2.36. The molecule has 3 aromatic carbocycles. The molecule has 40 heavy (non-hydrogen) atoms. The Morgan fingerprint density at radius 1 is 1.00 bits per heavy atom. The summed E-state index contributed by atoms with van der Waals surface area (Å²) in [6, 6.07) is 17.0. The molecule has 2 atom stereocenters. The summed E-state index contributed by atoms with van der Waals surface area (Å²) >= 11 is 0. The van der Waals surface area contributed by atoms with Gasteiger partial charge in [-0.25, -0.2) is 0 Å². The Hall–Kier alpha value is -3.25. The first-order valence-corrected chi connectivity index (χ1v) is 17.2. The SMILES string of the molecule is COC(=O)C[C@@H]1COc2cc(O[C@@H]3CCc4c(-c5c(C)cc(O[Si](C)(C)C(C)(C)C)cc5C)cccc43)ccc21. The second-order valence-electron chi connectivity index (χ2n) is 12.8. The maximum Gasteiger partial charge on any atom is 0.306 e. The van der Waals surface area contributed by atoms with Crippen LogP contribution >= 0.6 is 0 Å². The van der Waals surface area contributed by atoms with E-state index in [0.29, 0.717) is 13.0 Å². The van der Waals surface area contributed by atoms with E-state index in [0.717, 1.165) is 35.7 Å². The first-order valence-electron chi connectivity index (χ1n) is 14.3. The van der Waals surface area contributed by atoms with Crippen molar-refractivity contribution in [3.8, 4) is 28.4 Å². The highest BCUT2D eigenvalue weighted by Gasteiger charge is 2.39. The molecule has 0 fully saturated rings. The third-order valence-corrected chi connectivity index (χ3v) is 13.3. The van der Waals surface area contributed by atoms with E-state index in [4.69, 9.17) is 18.6 Å². The molecular formula is C34H42O5Si. The van der Waals surface area contributed by atoms with Gasteiger partial charge in [0.1, 0.15) is 23.4 Å². The first-order chi connectivity index (χ1) is 18.9. The number of hydrogen-bond acceptors (Lipinski definition) is 5. The summed E-state index contributed by atoms with van der Waals surface area (Å²) in [6.45, 7) is 16.3. The van der Waals surface area contributed by atoms with Gasteiger partial charge in [0, 0.05) is 17.5 Å². The van der Waals surface area contributed by atoms with E-state index in [1.807, 2.05) is 18.2 Å². The Balaban J connectivity index is 1.38. The number of carbonyl (C=O) groups excluding carboxylic acids is 1. The fourth-order valence-corrected chi connectivity index (χ4v) is 6.79. The first kappa shape index (κ1) is 28.3. The zero-order valence-corrected chi connectivity index (χ0v) is 26.1. The van der Waals surface area contributed by atoms with Gasteiger partial charge in [0.25, 0.3) is 0 Å². The highest BCUT2D eigenvalue weighted by atomic mass is 28.4. The summed E-state index contributed by atoms with van der Waals surface area (Å²) in [5, 5.41) is 0.151. The van der Waals surface area contributed by atoms with Crippen molar-refractivity contribution in [1.29, 1.82) is 0 Å². The van der Waals surface area contributed by atoms with Crippen LogP contribution in [0.25, 0.3) is 11.1 Å². The molecule has 0 aromatic heterocycles. The van der Waals surface area contributed by atoms with Crippen LogP contribution in [-0.2, 0) is 16.0 Å². The molecule has 5 rings (SSSR count). The molecular weight excluding hydrogens is 516 g/mol. The molecule has 212 valence electrons. The average molecular weight is 559 g/mol. The van der Waals surface area contributed by atoms with Crippen LogP contribution in [0, 0.1) is 13.8 Å². The zero-order valence-electron chi connectivity index (χ0n) is 25.1. The van der Waals surface area contributed by atoms with E-state index in [2.05, 4.69) is 78.0 Å². The molecule has 1 heterocycles. The third kappa shape index (κ3) is 5.38. The fourth-order valence-electron chi connectivity index (χ4n) is 5.78. The maximum absolute atomic E-state index is 11.8. The number of esters is 1. The van der Waals surface area contributed by atoms with Crippen LogP contribution in [0.2, 0.25) is 18.1 Å². The topological polar surface area (TPSA) is 54.0 Å². The highest BCUT2D eigenvalue weighted by Crippen LogP contribution is 2.45. The van der Waals surface area contributed by atoms with Gasteiger partial charge in [0.05, 0.1) is 20.1 Å². The summed E-state index contributed by atoms with van der Waals surface area (Å²) < 4.78 is 23.9. The van der Waals surface area contributed by atoms with Gasteiger partial charge in [-0.05, 0) is 96.4 Å². The number of aryl methyl sites for hydroxylation is 2. The Morgan fingerprint density at radius 2 is 1.73 bits per heavy atom. The predicted octanol–water partition coefficient (Wildman–Crippen LogP) is 8.46. The highest BCUT2D eigenvalue weighted by molar-refractivity contribution is 6.74. The monoisotopic (exact) mass is 558 g/mol. The van der Waals surface area contributed by atoms with E-state index in [1.54, 1.807) is 0 Å². The van der Waals surface area contributed by atoms with Gasteiger partial charge in [-0.15, -0.1) is 0 Å². The largest absolute Gasteiger partial charge is 0.543 e. The molecule has 0 spiro atoms. The van der Waals surface area contributed by atoms with Gasteiger partial charge >= 0.3 is 5.97 Å². The number of hydrogen-bond donors (Lipinski definition) is 0. The molecule has 0 amide bonds. The minimum atomic E-state index is -1.92. The Kier molecular flexibility index (Phi) is 7.51. The lowest BCUT2D eigenvalue weighted by Crippen LogP contribution is -2.43. The molecule has 1 aliphatic carbocycles. The van der Waals surface area contributed by atoms with Crippen molar-refractivity contribution in [2.75, 3.05) is 13.7 Å². The fraction of sp³-hybridized carbons (Fsp3) is 0.441. The van der Waals surface area contributed by atoms with E-state index in [-0.39, 0.29) is 23.0 Å². The second-order valence-corrected chi connectivity index (χ2v) is 17.5. The lowest BCUT2D eigenvalue weighted by atomic mass is 9.90. The standard InChI is InChI=1S/C34H42O5Si/c1-21-16-25(39-40(7,8)34(3,4)5)17-22(2)33(21)29-11-9-10-28-27(29)14-15-30(28)38-24-12-13-26-23(18-32(35)36-6)20-37-31(26)19-24/h9-13,16-17,19,23,30H,14-15,18,20H2,1-8H3/t23-,30-/m1/s1. The van der Waals surface area contributed by atoms with Crippen molar-refractivity contribution in [2.24, 2.45) is 0 Å². The minimum absolute atomic E-state index is 0.0120. The summed E-state index contributed by atoms with van der Waals surface area (Å²) in [6.07, 6.45) is 2.21. The van der Waals surface area contributed by atoms with Gasteiger partial charge in [0.2, 0.25) is 8.32 Å². The van der Waals surface area contributed by atoms with E-state index < -0.39 is 8.32 Å². The van der Waals surface area contributed by atoms with Gasteiger partial charge in [-0.3, -0.25) is 4.79 Å². The van der Waals surface area contributed by atoms with Crippen LogP contribution in [0.1, 0.15) is 73.5 Å². The predicted molar refractivity (Wildman–Crippen MR) is 162 cm³/mol. The molecule has 0 N–H and O–H groups in total. The number of fused-ring (bicyclic) bond motifs is 2. The second kappa shape index (κ2) is 10.6. The Labute approximate surface area is 239 Å². The van der Waals surface area contributed by atoms with Crippen molar-refractivity contribution in [3.63, 3.8) is 0 Å². The Bertz CT molecular complexity index is 1410. The summed E-state index contributed by atoms with van der Waals surface area (Å²) in [5.74, 6) is 2.37. The van der Waals surface area contributed by atoms with Crippen molar-refractivity contribution < 1.29 is 23.4 Å². The molecule has 6 heteroatoms. The Morgan fingerprint density at radius 3 is 2.40 bits per heavy atom. The zero-order chi connectivity index (χ0) is 28.8. The van der Waals surface area contributed by atoms with Crippen LogP contribution in [-0.4, -0.2) is 28.0 Å². The van der Waals surface area contributed by atoms with Crippen LogP contribution in [0.3, 0.4) is 0 Å². The number of methoxy groups -OCH3 is 1. The van der Waals surface area contributed by atoms with Crippen LogP contribution in [0.4, 0.5) is 0 Å². The summed E-state index contributed by atoms with van der Waals surface area (Å²) in [5.41, 5.74) is 8.73. The maximum atomic E-state index is 11.8. The molecule has 0 saturated heterocycles. The summed E-state index contributed by atoms with van der Waals surface area (Å²) in [4.78, 5) is 11.8. The minimum Gasteiger partial charge on any atom is -0.543 e. The number of carbonyl (C=O) groups is 1. The van der Waals surface area contributed by atoms with Crippen LogP contribution < -0.4 is 13.9 Å². The van der Waals surface area contributed by atoms with Gasteiger partial charge in [-0.2, -0.15) is 0 Å². The van der Waals surface area contributed by atoms with E-state index >= 15 is 0 Å².